The maximum absolute atomic E-state index is 9.10. The Kier molecular flexibility index (Phi) is 4.73. The van der Waals surface area contributed by atoms with Gasteiger partial charge in [-0.05, 0) is 19.3 Å². The fourth-order valence-electron chi connectivity index (χ4n) is 1.91. The third kappa shape index (κ3) is 3.18. The Morgan fingerprint density at radius 3 is 3.00 bits per heavy atom. The average molecular weight is 199 g/mol. The van der Waals surface area contributed by atoms with Crippen molar-refractivity contribution in [3.8, 4) is 0 Å². The van der Waals surface area contributed by atoms with Crippen molar-refractivity contribution in [3.05, 3.63) is 0 Å². The van der Waals surface area contributed by atoms with Crippen molar-refractivity contribution < 1.29 is 5.11 Å². The molecule has 4 heteroatoms. The largest absolute Gasteiger partial charge is 0.396 e. The van der Waals surface area contributed by atoms with Crippen molar-refractivity contribution >= 4 is 5.96 Å². The normalized spacial score (nSPS) is 28.0. The van der Waals surface area contributed by atoms with Crippen LogP contribution in [0.2, 0.25) is 0 Å². The lowest BCUT2D eigenvalue weighted by atomic mass is 10.1. The molecular formula is C10H21N3O. The number of aliphatic hydroxyl groups is 1. The molecule has 4 nitrogen and oxygen atoms in total. The van der Waals surface area contributed by atoms with Gasteiger partial charge < -0.3 is 16.2 Å². The number of nitrogens with two attached hydrogens (primary N) is 1. The van der Waals surface area contributed by atoms with E-state index in [0.717, 1.165) is 25.8 Å². The fraction of sp³-hybridized carbons (Fsp3) is 0.900. The summed E-state index contributed by atoms with van der Waals surface area (Å²) in [5.74, 6) is 0.877. The molecule has 2 atom stereocenters. The molecule has 1 aliphatic rings. The zero-order valence-corrected chi connectivity index (χ0v) is 8.87. The van der Waals surface area contributed by atoms with E-state index in [-0.39, 0.29) is 6.61 Å². The quantitative estimate of drug-likeness (QED) is 0.455. The SMILES string of the molecule is CCCN=C(N)NC1CCCC1CO. The Morgan fingerprint density at radius 2 is 2.36 bits per heavy atom. The van der Waals surface area contributed by atoms with Gasteiger partial charge in [0.15, 0.2) is 5.96 Å². The molecule has 0 aromatic rings. The molecule has 0 saturated heterocycles. The van der Waals surface area contributed by atoms with Crippen molar-refractivity contribution in [2.75, 3.05) is 13.2 Å². The van der Waals surface area contributed by atoms with Crippen molar-refractivity contribution in [1.82, 2.24) is 5.32 Å². The summed E-state index contributed by atoms with van der Waals surface area (Å²) in [6.07, 6.45) is 4.36. The summed E-state index contributed by atoms with van der Waals surface area (Å²) in [4.78, 5) is 4.18. The monoisotopic (exact) mass is 199 g/mol. The van der Waals surface area contributed by atoms with Crippen LogP contribution in [0.3, 0.4) is 0 Å². The Balaban J connectivity index is 2.35. The standard InChI is InChI=1S/C10H21N3O/c1-2-6-12-10(11)13-9-5-3-4-8(9)7-14/h8-9,14H,2-7H2,1H3,(H3,11,12,13). The van der Waals surface area contributed by atoms with E-state index < -0.39 is 0 Å². The second-order valence-electron chi connectivity index (χ2n) is 3.89. The van der Waals surface area contributed by atoms with Gasteiger partial charge in [0.05, 0.1) is 0 Å². The molecule has 0 spiro atoms. The van der Waals surface area contributed by atoms with Crippen LogP contribution < -0.4 is 11.1 Å². The minimum Gasteiger partial charge on any atom is -0.396 e. The minimum atomic E-state index is 0.249. The van der Waals surface area contributed by atoms with E-state index in [4.69, 9.17) is 10.8 Å². The second kappa shape index (κ2) is 5.86. The van der Waals surface area contributed by atoms with Crippen molar-refractivity contribution in [2.24, 2.45) is 16.6 Å². The van der Waals surface area contributed by atoms with E-state index in [1.165, 1.54) is 6.42 Å². The molecule has 1 saturated carbocycles. The topological polar surface area (TPSA) is 70.6 Å². The lowest BCUT2D eigenvalue weighted by Crippen LogP contribution is -2.42. The van der Waals surface area contributed by atoms with Crippen LogP contribution in [0.5, 0.6) is 0 Å². The van der Waals surface area contributed by atoms with Crippen LogP contribution in [-0.2, 0) is 0 Å². The number of aliphatic imine (C=N–C) groups is 1. The lowest BCUT2D eigenvalue weighted by molar-refractivity contribution is 0.212. The summed E-state index contributed by atoms with van der Waals surface area (Å²) in [5.41, 5.74) is 5.71. The second-order valence-corrected chi connectivity index (χ2v) is 3.89. The summed E-state index contributed by atoms with van der Waals surface area (Å²) in [6, 6.07) is 0.320. The minimum absolute atomic E-state index is 0.249. The van der Waals surface area contributed by atoms with Gasteiger partial charge in [0.1, 0.15) is 0 Å². The van der Waals surface area contributed by atoms with Gasteiger partial charge >= 0.3 is 0 Å². The highest BCUT2D eigenvalue weighted by Crippen LogP contribution is 2.24. The van der Waals surface area contributed by atoms with Crippen LogP contribution in [0.4, 0.5) is 0 Å². The van der Waals surface area contributed by atoms with Gasteiger partial charge in [-0.2, -0.15) is 0 Å². The first-order chi connectivity index (χ1) is 6.77. The molecule has 1 rings (SSSR count). The molecule has 14 heavy (non-hydrogen) atoms. The predicted molar refractivity (Wildman–Crippen MR) is 58.1 cm³/mol. The highest BCUT2D eigenvalue weighted by molar-refractivity contribution is 5.78. The zero-order valence-electron chi connectivity index (χ0n) is 8.87. The van der Waals surface area contributed by atoms with Crippen LogP contribution in [0.1, 0.15) is 32.6 Å². The van der Waals surface area contributed by atoms with Crippen LogP contribution in [0, 0.1) is 5.92 Å². The maximum Gasteiger partial charge on any atom is 0.188 e. The predicted octanol–water partition coefficient (Wildman–Crippen LogP) is 0.462. The van der Waals surface area contributed by atoms with Crippen LogP contribution in [-0.4, -0.2) is 30.3 Å². The lowest BCUT2D eigenvalue weighted by Gasteiger charge is -2.19. The Bertz CT molecular complexity index is 194. The fourth-order valence-corrected chi connectivity index (χ4v) is 1.91. The average Bonchev–Trinajstić information content (AvgIpc) is 2.62. The third-order valence-electron chi connectivity index (χ3n) is 2.73. The summed E-state index contributed by atoms with van der Waals surface area (Å²) in [6.45, 7) is 3.09. The van der Waals surface area contributed by atoms with E-state index >= 15 is 0 Å². The van der Waals surface area contributed by atoms with Gasteiger partial charge in [-0.3, -0.25) is 4.99 Å². The van der Waals surface area contributed by atoms with Gasteiger partial charge in [-0.15, -0.1) is 0 Å². The number of nitrogens with one attached hydrogen (secondary N) is 1. The molecule has 82 valence electrons. The van der Waals surface area contributed by atoms with E-state index in [0.29, 0.717) is 17.9 Å². The van der Waals surface area contributed by atoms with Crippen LogP contribution >= 0.6 is 0 Å². The Hall–Kier alpha value is -0.770. The summed E-state index contributed by atoms with van der Waals surface area (Å²) in [5, 5.41) is 12.3. The molecule has 0 aromatic heterocycles. The molecule has 1 fully saturated rings. The number of aliphatic hydroxyl groups excluding tert-OH is 1. The molecule has 1 aliphatic carbocycles. The maximum atomic E-state index is 9.10. The molecule has 4 N–H and O–H groups in total. The zero-order chi connectivity index (χ0) is 10.4. The number of rotatable bonds is 4. The number of hydrogen-bond donors (Lipinski definition) is 3. The van der Waals surface area contributed by atoms with Crippen molar-refractivity contribution in [3.63, 3.8) is 0 Å². The number of hydrogen-bond acceptors (Lipinski definition) is 2. The molecule has 0 heterocycles. The van der Waals surface area contributed by atoms with Crippen LogP contribution in [0.25, 0.3) is 0 Å². The van der Waals surface area contributed by atoms with Crippen molar-refractivity contribution in [1.29, 1.82) is 0 Å². The summed E-state index contributed by atoms with van der Waals surface area (Å²) in [7, 11) is 0. The first-order valence-electron chi connectivity index (χ1n) is 5.45. The molecule has 0 radical (unpaired) electrons. The van der Waals surface area contributed by atoms with Gasteiger partial charge in [0.2, 0.25) is 0 Å². The Morgan fingerprint density at radius 1 is 1.57 bits per heavy atom. The van der Waals surface area contributed by atoms with Gasteiger partial charge in [0, 0.05) is 25.1 Å². The molecule has 0 aliphatic heterocycles. The number of guanidine groups is 1. The first kappa shape index (κ1) is 11.3. The van der Waals surface area contributed by atoms with Gasteiger partial charge in [-0.25, -0.2) is 0 Å². The van der Waals surface area contributed by atoms with E-state index in [2.05, 4.69) is 17.2 Å². The molecule has 0 aromatic carbocycles. The Labute approximate surface area is 85.6 Å². The molecule has 2 unspecified atom stereocenters. The number of nitrogens with zero attached hydrogens (tertiary/aromatic N) is 1. The van der Waals surface area contributed by atoms with E-state index in [1.54, 1.807) is 0 Å². The molecule has 0 bridgehead atoms. The third-order valence-corrected chi connectivity index (χ3v) is 2.73. The molecule has 0 amide bonds. The van der Waals surface area contributed by atoms with Crippen molar-refractivity contribution in [2.45, 2.75) is 38.6 Å². The van der Waals surface area contributed by atoms with Crippen LogP contribution in [0.15, 0.2) is 4.99 Å². The highest BCUT2D eigenvalue weighted by atomic mass is 16.3. The molecular weight excluding hydrogens is 178 g/mol. The van der Waals surface area contributed by atoms with E-state index in [9.17, 15) is 0 Å². The highest BCUT2D eigenvalue weighted by Gasteiger charge is 2.26. The first-order valence-corrected chi connectivity index (χ1v) is 5.45. The summed E-state index contributed by atoms with van der Waals surface area (Å²) < 4.78 is 0. The van der Waals surface area contributed by atoms with E-state index in [1.807, 2.05) is 0 Å². The smallest absolute Gasteiger partial charge is 0.188 e. The van der Waals surface area contributed by atoms with Gasteiger partial charge in [0.25, 0.3) is 0 Å². The summed E-state index contributed by atoms with van der Waals surface area (Å²) >= 11 is 0. The van der Waals surface area contributed by atoms with Gasteiger partial charge in [-0.1, -0.05) is 13.3 Å².